The standard InChI is InChI=1S/C17H18F2N2O2/c1-11-14(6-8-23-11)17(22)21-7-2-3-13(10-21)20-12-4-5-15(18)16(19)9-12/h4-6,8-9,13,20H,2-3,7,10H2,1H3/t13-/m0/s1. The van der Waals surface area contributed by atoms with E-state index in [4.69, 9.17) is 4.42 Å². The third-order valence-electron chi connectivity index (χ3n) is 4.09. The summed E-state index contributed by atoms with van der Waals surface area (Å²) >= 11 is 0. The molecule has 1 saturated heterocycles. The number of aryl methyl sites for hydroxylation is 1. The number of benzene rings is 1. The van der Waals surface area contributed by atoms with Crippen molar-refractivity contribution >= 4 is 11.6 Å². The lowest BCUT2D eigenvalue weighted by Gasteiger charge is -2.33. The monoisotopic (exact) mass is 320 g/mol. The average Bonchev–Trinajstić information content (AvgIpc) is 2.96. The highest BCUT2D eigenvalue weighted by Gasteiger charge is 2.26. The lowest BCUT2D eigenvalue weighted by Crippen LogP contribution is -2.45. The molecule has 1 amide bonds. The summed E-state index contributed by atoms with van der Waals surface area (Å²) in [7, 11) is 0. The molecule has 0 unspecified atom stereocenters. The first-order chi connectivity index (χ1) is 11.0. The first-order valence-corrected chi connectivity index (χ1v) is 7.59. The van der Waals surface area contributed by atoms with E-state index in [1.807, 2.05) is 0 Å². The zero-order valence-electron chi connectivity index (χ0n) is 12.8. The lowest BCUT2D eigenvalue weighted by molar-refractivity contribution is 0.0713. The molecule has 3 rings (SSSR count). The van der Waals surface area contributed by atoms with Gasteiger partial charge in [0.05, 0.1) is 11.8 Å². The van der Waals surface area contributed by atoms with Crippen molar-refractivity contribution in [2.24, 2.45) is 0 Å². The van der Waals surface area contributed by atoms with Gasteiger partial charge < -0.3 is 14.6 Å². The molecular weight excluding hydrogens is 302 g/mol. The van der Waals surface area contributed by atoms with Crippen LogP contribution in [0.15, 0.2) is 34.9 Å². The first kappa shape index (κ1) is 15.5. The van der Waals surface area contributed by atoms with Gasteiger partial charge in [0, 0.05) is 30.9 Å². The highest BCUT2D eigenvalue weighted by atomic mass is 19.2. The Hall–Kier alpha value is -2.37. The molecule has 1 atom stereocenters. The fraction of sp³-hybridized carbons (Fsp3) is 0.353. The van der Waals surface area contributed by atoms with Crippen LogP contribution in [0, 0.1) is 18.6 Å². The molecule has 23 heavy (non-hydrogen) atoms. The van der Waals surface area contributed by atoms with Crippen LogP contribution in [0.5, 0.6) is 0 Å². The molecule has 2 heterocycles. The topological polar surface area (TPSA) is 45.5 Å². The van der Waals surface area contributed by atoms with E-state index < -0.39 is 11.6 Å². The van der Waals surface area contributed by atoms with Crippen molar-refractivity contribution < 1.29 is 18.0 Å². The van der Waals surface area contributed by atoms with E-state index in [0.29, 0.717) is 30.1 Å². The molecule has 0 spiro atoms. The summed E-state index contributed by atoms with van der Waals surface area (Å²) in [5, 5.41) is 3.17. The molecule has 122 valence electrons. The lowest BCUT2D eigenvalue weighted by atomic mass is 10.0. The van der Waals surface area contributed by atoms with Crippen LogP contribution in [0.25, 0.3) is 0 Å². The van der Waals surface area contributed by atoms with Crippen LogP contribution in [-0.2, 0) is 0 Å². The van der Waals surface area contributed by atoms with Crippen molar-refractivity contribution in [1.29, 1.82) is 0 Å². The number of nitrogens with one attached hydrogen (secondary N) is 1. The molecule has 2 aromatic rings. The highest BCUT2D eigenvalue weighted by molar-refractivity contribution is 5.95. The number of rotatable bonds is 3. The summed E-state index contributed by atoms with van der Waals surface area (Å²) < 4.78 is 31.4. The van der Waals surface area contributed by atoms with Crippen molar-refractivity contribution in [1.82, 2.24) is 4.90 Å². The van der Waals surface area contributed by atoms with Gasteiger partial charge in [-0.15, -0.1) is 0 Å². The molecule has 1 aliphatic rings. The third-order valence-corrected chi connectivity index (χ3v) is 4.09. The largest absolute Gasteiger partial charge is 0.469 e. The fourth-order valence-electron chi connectivity index (χ4n) is 2.88. The van der Waals surface area contributed by atoms with Gasteiger partial charge in [-0.2, -0.15) is 0 Å². The third kappa shape index (κ3) is 3.36. The minimum atomic E-state index is -0.882. The van der Waals surface area contributed by atoms with E-state index in [1.54, 1.807) is 17.9 Å². The Balaban J connectivity index is 1.67. The maximum Gasteiger partial charge on any atom is 0.257 e. The summed E-state index contributed by atoms with van der Waals surface area (Å²) in [6, 6.07) is 5.41. The predicted molar refractivity (Wildman–Crippen MR) is 82.4 cm³/mol. The zero-order chi connectivity index (χ0) is 16.4. The number of hydrogen-bond acceptors (Lipinski definition) is 3. The minimum absolute atomic E-state index is 0.00442. The van der Waals surface area contributed by atoms with Crippen LogP contribution in [0.3, 0.4) is 0 Å². The number of anilines is 1. The second-order valence-electron chi connectivity index (χ2n) is 5.75. The number of likely N-dealkylation sites (tertiary alicyclic amines) is 1. The first-order valence-electron chi connectivity index (χ1n) is 7.59. The van der Waals surface area contributed by atoms with Gasteiger partial charge in [-0.05, 0) is 38.0 Å². The van der Waals surface area contributed by atoms with Gasteiger partial charge in [0.25, 0.3) is 5.91 Å². The van der Waals surface area contributed by atoms with Crippen molar-refractivity contribution in [3.8, 4) is 0 Å². The highest BCUT2D eigenvalue weighted by Crippen LogP contribution is 2.20. The second kappa shape index (κ2) is 6.40. The molecule has 0 aliphatic carbocycles. The van der Waals surface area contributed by atoms with Gasteiger partial charge >= 0.3 is 0 Å². The van der Waals surface area contributed by atoms with E-state index in [9.17, 15) is 13.6 Å². The Morgan fingerprint density at radius 1 is 1.30 bits per heavy atom. The summed E-state index contributed by atoms with van der Waals surface area (Å²) in [6.07, 6.45) is 3.22. The number of hydrogen-bond donors (Lipinski definition) is 1. The Labute approximate surface area is 133 Å². The SMILES string of the molecule is Cc1occc1C(=O)N1CCC[C@H](Nc2ccc(F)c(F)c2)C1. The second-order valence-corrected chi connectivity index (χ2v) is 5.75. The minimum Gasteiger partial charge on any atom is -0.469 e. The van der Waals surface area contributed by atoms with E-state index >= 15 is 0 Å². The number of carbonyl (C=O) groups excluding carboxylic acids is 1. The molecule has 0 saturated carbocycles. The Morgan fingerprint density at radius 2 is 2.13 bits per heavy atom. The number of halogens is 2. The molecular formula is C17H18F2N2O2. The van der Waals surface area contributed by atoms with E-state index in [2.05, 4.69) is 5.32 Å². The smallest absolute Gasteiger partial charge is 0.257 e. The van der Waals surface area contributed by atoms with Gasteiger partial charge in [0.2, 0.25) is 0 Å². The van der Waals surface area contributed by atoms with Crippen LogP contribution in [0.4, 0.5) is 14.5 Å². The number of furan rings is 1. The Bertz CT molecular complexity index is 714. The van der Waals surface area contributed by atoms with Crippen molar-refractivity contribution in [3.05, 3.63) is 53.5 Å². The van der Waals surface area contributed by atoms with E-state index in [1.165, 1.54) is 12.3 Å². The van der Waals surface area contributed by atoms with Crippen LogP contribution < -0.4 is 5.32 Å². The van der Waals surface area contributed by atoms with Gasteiger partial charge in [-0.1, -0.05) is 0 Å². The maximum absolute atomic E-state index is 13.3. The number of piperidine rings is 1. The van der Waals surface area contributed by atoms with Gasteiger partial charge in [-0.3, -0.25) is 4.79 Å². The molecule has 1 aliphatic heterocycles. The van der Waals surface area contributed by atoms with Crippen molar-refractivity contribution in [2.45, 2.75) is 25.8 Å². The van der Waals surface area contributed by atoms with Gasteiger partial charge in [-0.25, -0.2) is 8.78 Å². The molecule has 1 fully saturated rings. The number of amides is 1. The van der Waals surface area contributed by atoms with Crippen LogP contribution >= 0.6 is 0 Å². The maximum atomic E-state index is 13.3. The summed E-state index contributed by atoms with van der Waals surface area (Å²) in [5.74, 6) is -1.21. The number of carbonyl (C=O) groups is 1. The van der Waals surface area contributed by atoms with Gasteiger partial charge in [0.15, 0.2) is 11.6 Å². The average molecular weight is 320 g/mol. The molecule has 1 aromatic heterocycles. The van der Waals surface area contributed by atoms with E-state index in [-0.39, 0.29) is 11.9 Å². The summed E-state index contributed by atoms with van der Waals surface area (Å²) in [6.45, 7) is 2.95. The Morgan fingerprint density at radius 3 is 2.83 bits per heavy atom. The summed E-state index contributed by atoms with van der Waals surface area (Å²) in [5.41, 5.74) is 1.08. The van der Waals surface area contributed by atoms with Crippen molar-refractivity contribution in [3.63, 3.8) is 0 Å². The quantitative estimate of drug-likeness (QED) is 0.940. The normalized spacial score (nSPS) is 18.0. The zero-order valence-corrected chi connectivity index (χ0v) is 12.8. The molecule has 1 aromatic carbocycles. The Kier molecular flexibility index (Phi) is 4.32. The molecule has 6 heteroatoms. The van der Waals surface area contributed by atoms with E-state index in [0.717, 1.165) is 25.0 Å². The molecule has 0 bridgehead atoms. The van der Waals surface area contributed by atoms with Crippen molar-refractivity contribution in [2.75, 3.05) is 18.4 Å². The fourth-order valence-corrected chi connectivity index (χ4v) is 2.88. The summed E-state index contributed by atoms with van der Waals surface area (Å²) in [4.78, 5) is 14.3. The van der Waals surface area contributed by atoms with Crippen LogP contribution in [-0.4, -0.2) is 29.9 Å². The molecule has 1 N–H and O–H groups in total. The predicted octanol–water partition coefficient (Wildman–Crippen LogP) is 3.58. The molecule has 4 nitrogen and oxygen atoms in total. The number of nitrogens with zero attached hydrogens (tertiary/aromatic N) is 1. The van der Waals surface area contributed by atoms with Crippen LogP contribution in [0.2, 0.25) is 0 Å². The van der Waals surface area contributed by atoms with Gasteiger partial charge in [0.1, 0.15) is 5.76 Å². The van der Waals surface area contributed by atoms with Crippen LogP contribution in [0.1, 0.15) is 29.0 Å². The molecule has 0 radical (unpaired) electrons.